The number of methoxy groups -OCH3 is 1. The lowest BCUT2D eigenvalue weighted by Crippen LogP contribution is -2.29. The van der Waals surface area contributed by atoms with Crippen molar-refractivity contribution in [1.82, 2.24) is 4.98 Å². The van der Waals surface area contributed by atoms with Crippen molar-refractivity contribution in [2.45, 2.75) is 32.2 Å². The lowest BCUT2D eigenvalue weighted by Gasteiger charge is -2.16. The molecule has 0 radical (unpaired) electrons. The number of benzene rings is 1. The Morgan fingerprint density at radius 3 is 2.86 bits per heavy atom. The van der Waals surface area contributed by atoms with E-state index in [9.17, 15) is 9.90 Å². The number of ether oxygens (including phenoxy) is 1. The van der Waals surface area contributed by atoms with Crippen LogP contribution in [0.1, 0.15) is 26.2 Å². The topological polar surface area (TPSA) is 71.5 Å². The smallest absolute Gasteiger partial charge is 0.326 e. The highest BCUT2D eigenvalue weighted by Crippen LogP contribution is 2.29. The summed E-state index contributed by atoms with van der Waals surface area (Å²) >= 11 is 0. The molecule has 5 heteroatoms. The molecule has 1 unspecified atom stereocenters. The van der Waals surface area contributed by atoms with Crippen LogP contribution in [0, 0.1) is 0 Å². The van der Waals surface area contributed by atoms with E-state index >= 15 is 0 Å². The van der Waals surface area contributed by atoms with Gasteiger partial charge in [-0.15, -0.1) is 0 Å². The highest BCUT2D eigenvalue weighted by Gasteiger charge is 2.18. The number of aromatic nitrogens is 1. The second-order valence-corrected chi connectivity index (χ2v) is 4.89. The molecule has 5 nitrogen and oxygen atoms in total. The number of rotatable bonds is 7. The zero-order valence-electron chi connectivity index (χ0n) is 12.3. The van der Waals surface area contributed by atoms with Crippen LogP contribution in [-0.2, 0) is 4.79 Å². The molecule has 0 spiro atoms. The molecule has 1 atom stereocenters. The van der Waals surface area contributed by atoms with E-state index in [4.69, 9.17) is 4.74 Å². The monoisotopic (exact) mass is 288 g/mol. The normalized spacial score (nSPS) is 12.1. The molecule has 0 saturated carbocycles. The summed E-state index contributed by atoms with van der Waals surface area (Å²) in [7, 11) is 1.61. The maximum absolute atomic E-state index is 11.4. The molecule has 1 heterocycles. The van der Waals surface area contributed by atoms with Crippen LogP contribution >= 0.6 is 0 Å². The summed E-state index contributed by atoms with van der Waals surface area (Å²) < 4.78 is 5.33. The van der Waals surface area contributed by atoms with E-state index in [2.05, 4.69) is 10.3 Å². The number of pyridine rings is 1. The van der Waals surface area contributed by atoms with Crippen molar-refractivity contribution >= 4 is 22.6 Å². The molecular formula is C16H20N2O3. The van der Waals surface area contributed by atoms with Crippen molar-refractivity contribution in [3.63, 3.8) is 0 Å². The fourth-order valence-electron chi connectivity index (χ4n) is 2.30. The minimum atomic E-state index is -0.856. The molecule has 0 aliphatic carbocycles. The van der Waals surface area contributed by atoms with E-state index in [1.54, 1.807) is 13.3 Å². The Hall–Kier alpha value is -2.30. The lowest BCUT2D eigenvalue weighted by molar-refractivity contribution is -0.138. The Labute approximate surface area is 124 Å². The summed E-state index contributed by atoms with van der Waals surface area (Å²) in [6.07, 6.45) is 4.06. The van der Waals surface area contributed by atoms with Gasteiger partial charge in [0.1, 0.15) is 17.6 Å². The Balaban J connectivity index is 2.35. The average Bonchev–Trinajstić information content (AvgIpc) is 2.50. The Kier molecular flexibility index (Phi) is 4.98. The summed E-state index contributed by atoms with van der Waals surface area (Å²) in [6, 6.07) is 6.88. The van der Waals surface area contributed by atoms with E-state index in [-0.39, 0.29) is 0 Å². The highest BCUT2D eigenvalue weighted by molar-refractivity contribution is 5.96. The van der Waals surface area contributed by atoms with Crippen LogP contribution in [0.2, 0.25) is 0 Å². The third-order valence-corrected chi connectivity index (χ3v) is 3.44. The molecule has 1 aromatic heterocycles. The molecule has 112 valence electrons. The van der Waals surface area contributed by atoms with Crippen LogP contribution < -0.4 is 10.1 Å². The predicted molar refractivity (Wildman–Crippen MR) is 82.9 cm³/mol. The van der Waals surface area contributed by atoms with Gasteiger partial charge in [0.25, 0.3) is 0 Å². The second-order valence-electron chi connectivity index (χ2n) is 4.89. The Morgan fingerprint density at radius 2 is 2.19 bits per heavy atom. The summed E-state index contributed by atoms with van der Waals surface area (Å²) in [5, 5.41) is 14.1. The molecule has 0 saturated heterocycles. The molecule has 2 N–H and O–H groups in total. The van der Waals surface area contributed by atoms with Crippen LogP contribution in [0.15, 0.2) is 30.5 Å². The standard InChI is InChI=1S/C16H20N2O3/c1-3-4-7-13(16(19)20)18-15-12-6-5-8-14(21-2)11(12)9-10-17-15/h5-6,8-10,13H,3-4,7H2,1-2H3,(H,17,18)(H,19,20). The van der Waals surface area contributed by atoms with Gasteiger partial charge in [0.05, 0.1) is 7.11 Å². The largest absolute Gasteiger partial charge is 0.496 e. The Morgan fingerprint density at radius 1 is 1.38 bits per heavy atom. The van der Waals surface area contributed by atoms with E-state index < -0.39 is 12.0 Å². The number of aliphatic carboxylic acids is 1. The molecule has 2 aromatic rings. The minimum absolute atomic E-state index is 0.577. The van der Waals surface area contributed by atoms with E-state index in [0.717, 1.165) is 29.4 Å². The predicted octanol–water partition coefficient (Wildman–Crippen LogP) is 3.30. The first-order valence-electron chi connectivity index (χ1n) is 7.08. The van der Waals surface area contributed by atoms with Gasteiger partial charge in [0, 0.05) is 17.0 Å². The third kappa shape index (κ3) is 3.42. The van der Waals surface area contributed by atoms with Gasteiger partial charge in [-0.1, -0.05) is 31.9 Å². The quantitative estimate of drug-likeness (QED) is 0.818. The molecule has 0 bridgehead atoms. The maximum atomic E-state index is 11.4. The number of nitrogens with one attached hydrogen (secondary N) is 1. The summed E-state index contributed by atoms with van der Waals surface area (Å²) in [4.78, 5) is 15.6. The van der Waals surface area contributed by atoms with Gasteiger partial charge < -0.3 is 15.2 Å². The van der Waals surface area contributed by atoms with Crippen molar-refractivity contribution in [3.8, 4) is 5.75 Å². The molecular weight excluding hydrogens is 268 g/mol. The van der Waals surface area contributed by atoms with Gasteiger partial charge in [0.15, 0.2) is 0 Å². The van der Waals surface area contributed by atoms with E-state index in [1.165, 1.54) is 0 Å². The number of carboxylic acid groups (broad SMARTS) is 1. The zero-order valence-corrected chi connectivity index (χ0v) is 12.3. The number of unbranched alkanes of at least 4 members (excludes halogenated alkanes) is 1. The van der Waals surface area contributed by atoms with Crippen LogP contribution in [0.4, 0.5) is 5.82 Å². The Bertz CT molecular complexity index is 628. The van der Waals surface area contributed by atoms with Crippen molar-refractivity contribution in [3.05, 3.63) is 30.5 Å². The lowest BCUT2D eigenvalue weighted by atomic mass is 10.1. The fraction of sp³-hybridized carbons (Fsp3) is 0.375. The number of anilines is 1. The molecule has 1 aromatic carbocycles. The van der Waals surface area contributed by atoms with Crippen LogP contribution in [0.3, 0.4) is 0 Å². The van der Waals surface area contributed by atoms with Gasteiger partial charge in [-0.2, -0.15) is 0 Å². The third-order valence-electron chi connectivity index (χ3n) is 3.44. The minimum Gasteiger partial charge on any atom is -0.496 e. The number of fused-ring (bicyclic) bond motifs is 1. The van der Waals surface area contributed by atoms with Crippen molar-refractivity contribution in [2.24, 2.45) is 0 Å². The van der Waals surface area contributed by atoms with Gasteiger partial charge in [-0.3, -0.25) is 0 Å². The van der Waals surface area contributed by atoms with Crippen LogP contribution in [-0.4, -0.2) is 29.2 Å². The first-order chi connectivity index (χ1) is 10.2. The SMILES string of the molecule is CCCCC(Nc1nccc2c(OC)cccc12)C(=O)O. The van der Waals surface area contributed by atoms with Gasteiger partial charge in [0.2, 0.25) is 0 Å². The highest BCUT2D eigenvalue weighted by atomic mass is 16.5. The maximum Gasteiger partial charge on any atom is 0.326 e. The van der Waals surface area contributed by atoms with E-state index in [1.807, 2.05) is 31.2 Å². The summed E-state index contributed by atoms with van der Waals surface area (Å²) in [5.41, 5.74) is 0. The molecule has 0 fully saturated rings. The van der Waals surface area contributed by atoms with Crippen molar-refractivity contribution in [1.29, 1.82) is 0 Å². The molecule has 0 aliphatic rings. The van der Waals surface area contributed by atoms with Crippen molar-refractivity contribution in [2.75, 3.05) is 12.4 Å². The fourth-order valence-corrected chi connectivity index (χ4v) is 2.30. The van der Waals surface area contributed by atoms with Gasteiger partial charge >= 0.3 is 5.97 Å². The van der Waals surface area contributed by atoms with Gasteiger partial charge in [-0.25, -0.2) is 9.78 Å². The number of carbonyl (C=O) groups is 1. The van der Waals surface area contributed by atoms with Crippen LogP contribution in [0.5, 0.6) is 5.75 Å². The molecule has 0 amide bonds. The average molecular weight is 288 g/mol. The molecule has 2 rings (SSSR count). The molecule has 0 aliphatic heterocycles. The summed E-state index contributed by atoms with van der Waals surface area (Å²) in [6.45, 7) is 2.04. The summed E-state index contributed by atoms with van der Waals surface area (Å²) in [5.74, 6) is 0.471. The van der Waals surface area contributed by atoms with Crippen LogP contribution in [0.25, 0.3) is 10.8 Å². The number of hydrogen-bond donors (Lipinski definition) is 2. The zero-order chi connectivity index (χ0) is 15.2. The number of hydrogen-bond acceptors (Lipinski definition) is 4. The number of nitrogens with zero attached hydrogens (tertiary/aromatic N) is 1. The first-order valence-corrected chi connectivity index (χ1v) is 7.08. The number of carboxylic acids is 1. The van der Waals surface area contributed by atoms with Gasteiger partial charge in [-0.05, 0) is 18.6 Å². The van der Waals surface area contributed by atoms with E-state index in [0.29, 0.717) is 12.2 Å². The molecule has 21 heavy (non-hydrogen) atoms. The second kappa shape index (κ2) is 6.92. The van der Waals surface area contributed by atoms with Crippen molar-refractivity contribution < 1.29 is 14.6 Å². The first kappa shape index (κ1) is 15.1.